The molecule has 1 aromatic carbocycles. The third-order valence-electron chi connectivity index (χ3n) is 3.20. The molecule has 1 nitrogen and oxygen atoms in total. The second kappa shape index (κ2) is 3.86. The minimum atomic E-state index is 0.570. The maximum Gasteiger partial charge on any atom is 0.151 e. The third-order valence-corrected chi connectivity index (χ3v) is 4.78. The van der Waals surface area contributed by atoms with Gasteiger partial charge >= 0.3 is 0 Å². The van der Waals surface area contributed by atoms with Crippen LogP contribution in [0, 0.1) is 0 Å². The highest BCUT2D eigenvalue weighted by Crippen LogP contribution is 2.38. The van der Waals surface area contributed by atoms with Crippen LogP contribution in [0.3, 0.4) is 0 Å². The Morgan fingerprint density at radius 1 is 1.25 bits per heavy atom. The largest absolute Gasteiger partial charge is 0.298 e. The van der Waals surface area contributed by atoms with Gasteiger partial charge in [0.15, 0.2) is 6.29 Å². The normalized spacial score (nSPS) is 15.1. The van der Waals surface area contributed by atoms with Crippen molar-refractivity contribution < 1.29 is 4.79 Å². The van der Waals surface area contributed by atoms with E-state index < -0.39 is 0 Å². The second-order valence-corrected chi connectivity index (χ2v) is 5.74. The lowest BCUT2D eigenvalue weighted by atomic mass is 9.96. The van der Waals surface area contributed by atoms with Gasteiger partial charge in [0.05, 0.1) is 5.02 Å². The number of aldehydes is 1. The fourth-order valence-electron chi connectivity index (χ4n) is 2.39. The summed E-state index contributed by atoms with van der Waals surface area (Å²) < 4.78 is 1.22. The smallest absolute Gasteiger partial charge is 0.151 e. The molecule has 0 atom stereocenters. The molecular formula is C13H11ClOS. The number of hydrogen-bond donors (Lipinski definition) is 0. The lowest BCUT2D eigenvalue weighted by molar-refractivity contribution is 0.112. The molecule has 0 fully saturated rings. The first-order valence-corrected chi connectivity index (χ1v) is 6.68. The number of rotatable bonds is 1. The summed E-state index contributed by atoms with van der Waals surface area (Å²) in [4.78, 5) is 12.4. The molecule has 1 aromatic heterocycles. The van der Waals surface area contributed by atoms with Gasteiger partial charge in [0, 0.05) is 15.1 Å². The van der Waals surface area contributed by atoms with E-state index in [0.717, 1.165) is 12.7 Å². The van der Waals surface area contributed by atoms with E-state index in [1.165, 1.54) is 39.8 Å². The first-order valence-electron chi connectivity index (χ1n) is 5.48. The van der Waals surface area contributed by atoms with Crippen molar-refractivity contribution in [1.29, 1.82) is 0 Å². The first-order chi connectivity index (χ1) is 7.79. The first kappa shape index (κ1) is 10.3. The molecule has 1 aliphatic rings. The topological polar surface area (TPSA) is 17.1 Å². The van der Waals surface area contributed by atoms with E-state index in [-0.39, 0.29) is 0 Å². The molecule has 3 rings (SSSR count). The number of halogens is 1. The van der Waals surface area contributed by atoms with Crippen molar-refractivity contribution in [3.8, 4) is 0 Å². The molecule has 3 heteroatoms. The standard InChI is InChI=1S/C13H11ClOS/c14-11-6-13-10(5-8(11)7-15)9-3-1-2-4-12(9)16-13/h5-7H,1-4H2. The van der Waals surface area contributed by atoms with Crippen LogP contribution in [0.4, 0.5) is 0 Å². The van der Waals surface area contributed by atoms with E-state index in [1.807, 2.05) is 23.5 Å². The van der Waals surface area contributed by atoms with Gasteiger partial charge in [0.1, 0.15) is 0 Å². The molecule has 0 spiro atoms. The Bertz CT molecular complexity index is 571. The predicted octanol–water partition coefficient (Wildman–Crippen LogP) is 4.25. The van der Waals surface area contributed by atoms with Crippen molar-refractivity contribution in [1.82, 2.24) is 0 Å². The Hall–Kier alpha value is -0.860. The Labute approximate surface area is 103 Å². The maximum atomic E-state index is 10.9. The van der Waals surface area contributed by atoms with Crippen LogP contribution in [0.2, 0.25) is 5.02 Å². The summed E-state index contributed by atoms with van der Waals surface area (Å²) in [5.41, 5.74) is 2.06. The Morgan fingerprint density at radius 3 is 2.88 bits per heavy atom. The van der Waals surface area contributed by atoms with Gasteiger partial charge in [0.2, 0.25) is 0 Å². The van der Waals surface area contributed by atoms with E-state index in [2.05, 4.69) is 0 Å². The van der Waals surface area contributed by atoms with Gasteiger partial charge in [-0.3, -0.25) is 4.79 Å². The van der Waals surface area contributed by atoms with E-state index in [9.17, 15) is 4.79 Å². The highest BCUT2D eigenvalue weighted by atomic mass is 35.5. The van der Waals surface area contributed by atoms with Crippen LogP contribution in [-0.2, 0) is 12.8 Å². The lowest BCUT2D eigenvalue weighted by Gasteiger charge is -2.10. The number of hydrogen-bond acceptors (Lipinski definition) is 2. The van der Waals surface area contributed by atoms with Crippen molar-refractivity contribution in [3.63, 3.8) is 0 Å². The van der Waals surface area contributed by atoms with Crippen LogP contribution < -0.4 is 0 Å². The summed E-state index contributed by atoms with van der Waals surface area (Å²) in [6, 6.07) is 3.88. The molecule has 0 unspecified atom stereocenters. The molecule has 0 aliphatic heterocycles. The molecule has 0 amide bonds. The van der Waals surface area contributed by atoms with Gasteiger partial charge in [-0.25, -0.2) is 0 Å². The van der Waals surface area contributed by atoms with Gasteiger partial charge in [-0.05, 0) is 48.8 Å². The summed E-state index contributed by atoms with van der Waals surface area (Å²) in [7, 11) is 0. The van der Waals surface area contributed by atoms with E-state index in [0.29, 0.717) is 10.6 Å². The third kappa shape index (κ3) is 1.48. The zero-order valence-electron chi connectivity index (χ0n) is 8.75. The van der Waals surface area contributed by atoms with E-state index in [1.54, 1.807) is 0 Å². The van der Waals surface area contributed by atoms with E-state index >= 15 is 0 Å². The summed E-state index contributed by atoms with van der Waals surface area (Å²) in [6.45, 7) is 0. The molecule has 1 heterocycles. The van der Waals surface area contributed by atoms with Crippen LogP contribution in [0.1, 0.15) is 33.6 Å². The van der Waals surface area contributed by atoms with Crippen LogP contribution in [0.25, 0.3) is 10.1 Å². The number of fused-ring (bicyclic) bond motifs is 3. The lowest BCUT2D eigenvalue weighted by Crippen LogP contribution is -1.97. The number of thiophene rings is 1. The van der Waals surface area contributed by atoms with Crippen molar-refractivity contribution in [2.24, 2.45) is 0 Å². The highest BCUT2D eigenvalue weighted by Gasteiger charge is 2.17. The molecule has 2 aromatic rings. The Kier molecular flexibility index (Phi) is 2.49. The zero-order valence-corrected chi connectivity index (χ0v) is 10.3. The van der Waals surface area contributed by atoms with Crippen molar-refractivity contribution >= 4 is 39.3 Å². The average Bonchev–Trinajstić information content (AvgIpc) is 2.65. The predicted molar refractivity (Wildman–Crippen MR) is 68.9 cm³/mol. The number of aryl methyl sites for hydroxylation is 2. The zero-order chi connectivity index (χ0) is 11.1. The van der Waals surface area contributed by atoms with Gasteiger partial charge in [-0.15, -0.1) is 11.3 Å². The van der Waals surface area contributed by atoms with Gasteiger partial charge in [-0.2, -0.15) is 0 Å². The minimum Gasteiger partial charge on any atom is -0.298 e. The molecule has 82 valence electrons. The highest BCUT2D eigenvalue weighted by molar-refractivity contribution is 7.19. The average molecular weight is 251 g/mol. The number of benzene rings is 1. The van der Waals surface area contributed by atoms with Crippen molar-refractivity contribution in [3.05, 3.63) is 33.2 Å². The summed E-state index contributed by atoms with van der Waals surface area (Å²) in [5, 5.41) is 1.81. The van der Waals surface area contributed by atoms with Crippen LogP contribution in [0.15, 0.2) is 12.1 Å². The monoisotopic (exact) mass is 250 g/mol. The molecular weight excluding hydrogens is 240 g/mol. The molecule has 1 aliphatic carbocycles. The Morgan fingerprint density at radius 2 is 2.06 bits per heavy atom. The van der Waals surface area contributed by atoms with Crippen LogP contribution >= 0.6 is 22.9 Å². The van der Waals surface area contributed by atoms with Gasteiger partial charge in [-0.1, -0.05) is 11.6 Å². The fourth-order valence-corrected chi connectivity index (χ4v) is 3.98. The molecule has 16 heavy (non-hydrogen) atoms. The van der Waals surface area contributed by atoms with E-state index in [4.69, 9.17) is 11.6 Å². The van der Waals surface area contributed by atoms with Crippen molar-refractivity contribution in [2.45, 2.75) is 25.7 Å². The minimum absolute atomic E-state index is 0.570. The van der Waals surface area contributed by atoms with Crippen molar-refractivity contribution in [2.75, 3.05) is 0 Å². The fraction of sp³-hybridized carbons (Fsp3) is 0.308. The molecule has 0 saturated heterocycles. The molecule has 0 radical (unpaired) electrons. The second-order valence-electron chi connectivity index (χ2n) is 4.20. The molecule has 0 bridgehead atoms. The summed E-state index contributed by atoms with van der Waals surface area (Å²) >= 11 is 7.88. The quantitative estimate of drug-likeness (QED) is 0.692. The number of carbonyl (C=O) groups is 1. The summed E-state index contributed by atoms with van der Waals surface area (Å²) in [6.07, 6.45) is 5.72. The molecule has 0 N–H and O–H groups in total. The SMILES string of the molecule is O=Cc1cc2c3c(sc2cc1Cl)CCCC3. The summed E-state index contributed by atoms with van der Waals surface area (Å²) in [5.74, 6) is 0. The number of carbonyl (C=O) groups excluding carboxylic acids is 1. The van der Waals surface area contributed by atoms with Gasteiger partial charge in [0.25, 0.3) is 0 Å². The molecule has 0 saturated carbocycles. The van der Waals surface area contributed by atoms with Gasteiger partial charge < -0.3 is 0 Å². The Balaban J connectivity index is 2.31. The maximum absolute atomic E-state index is 10.9. The van der Waals surface area contributed by atoms with Crippen LogP contribution in [-0.4, -0.2) is 6.29 Å². The van der Waals surface area contributed by atoms with Crippen LogP contribution in [0.5, 0.6) is 0 Å².